The van der Waals surface area contributed by atoms with Gasteiger partial charge in [0.25, 0.3) is 5.91 Å². The molecule has 3 aromatic carbocycles. The quantitative estimate of drug-likeness (QED) is 0.517. The summed E-state index contributed by atoms with van der Waals surface area (Å²) in [5, 5.41) is 13.0. The molecule has 0 unspecified atom stereocenters. The first-order valence-corrected chi connectivity index (χ1v) is 11.2. The highest BCUT2D eigenvalue weighted by atomic mass is 16.5. The fourth-order valence-corrected chi connectivity index (χ4v) is 4.14. The number of para-hydroxylation sites is 1. The second-order valence-corrected chi connectivity index (χ2v) is 8.13. The second-order valence-electron chi connectivity index (χ2n) is 8.13. The Kier molecular flexibility index (Phi) is 7.64. The van der Waals surface area contributed by atoms with Crippen LogP contribution in [0.25, 0.3) is 0 Å². The predicted octanol–water partition coefficient (Wildman–Crippen LogP) is 3.42. The number of methoxy groups -OCH3 is 2. The Morgan fingerprint density at radius 3 is 2.40 bits per heavy atom. The van der Waals surface area contributed by atoms with Crippen molar-refractivity contribution in [2.75, 3.05) is 32.8 Å². The molecule has 0 saturated carbocycles. The molecule has 0 aromatic heterocycles. The Morgan fingerprint density at radius 1 is 1.03 bits per heavy atom. The van der Waals surface area contributed by atoms with Crippen LogP contribution in [-0.4, -0.2) is 55.3 Å². The molecule has 35 heavy (non-hydrogen) atoms. The fraction of sp³-hybridized carbons (Fsp3) is 0.259. The molecule has 8 heteroatoms. The SMILES string of the molecule is COc1ccc(CN2C(=O)CO[C@H](c3ccc(NC(=O)c4ccccc4OC)cc3)[C@H]2CO)cc1. The Hall–Kier alpha value is -3.88. The van der Waals surface area contributed by atoms with Crippen LogP contribution < -0.4 is 14.8 Å². The molecule has 1 aliphatic heterocycles. The number of hydrogen-bond donors (Lipinski definition) is 2. The van der Waals surface area contributed by atoms with E-state index < -0.39 is 12.1 Å². The van der Waals surface area contributed by atoms with E-state index in [0.29, 0.717) is 23.5 Å². The van der Waals surface area contributed by atoms with Crippen molar-refractivity contribution < 1.29 is 28.9 Å². The number of nitrogens with zero attached hydrogens (tertiary/aromatic N) is 1. The normalized spacial score (nSPS) is 17.7. The number of aliphatic hydroxyl groups is 1. The number of ether oxygens (including phenoxy) is 3. The minimum absolute atomic E-state index is 0.0798. The molecule has 3 aromatic rings. The van der Waals surface area contributed by atoms with E-state index in [1.807, 2.05) is 36.4 Å². The second kappa shape index (κ2) is 11.0. The Bertz CT molecular complexity index is 1160. The van der Waals surface area contributed by atoms with Crippen LogP contribution in [0.1, 0.15) is 27.6 Å². The van der Waals surface area contributed by atoms with Crippen molar-refractivity contribution >= 4 is 17.5 Å². The highest BCUT2D eigenvalue weighted by molar-refractivity contribution is 6.06. The van der Waals surface area contributed by atoms with Gasteiger partial charge in [-0.2, -0.15) is 0 Å². The van der Waals surface area contributed by atoms with Gasteiger partial charge in [-0.3, -0.25) is 9.59 Å². The number of hydrogen-bond acceptors (Lipinski definition) is 6. The molecule has 1 saturated heterocycles. The molecule has 8 nitrogen and oxygen atoms in total. The topological polar surface area (TPSA) is 97.3 Å². The van der Waals surface area contributed by atoms with Gasteiger partial charge < -0.3 is 29.5 Å². The minimum atomic E-state index is -0.549. The first kappa shape index (κ1) is 24.3. The van der Waals surface area contributed by atoms with Gasteiger partial charge in [-0.1, -0.05) is 36.4 Å². The summed E-state index contributed by atoms with van der Waals surface area (Å²) in [5.41, 5.74) is 2.76. The molecule has 2 atom stereocenters. The van der Waals surface area contributed by atoms with E-state index in [9.17, 15) is 14.7 Å². The van der Waals surface area contributed by atoms with E-state index in [-0.39, 0.29) is 25.0 Å². The van der Waals surface area contributed by atoms with E-state index in [4.69, 9.17) is 14.2 Å². The molecule has 0 radical (unpaired) electrons. The lowest BCUT2D eigenvalue weighted by atomic mass is 9.98. The number of amides is 2. The van der Waals surface area contributed by atoms with Crippen LogP contribution in [0.3, 0.4) is 0 Å². The zero-order chi connectivity index (χ0) is 24.8. The van der Waals surface area contributed by atoms with E-state index in [0.717, 1.165) is 16.9 Å². The number of benzene rings is 3. The van der Waals surface area contributed by atoms with Gasteiger partial charge in [0, 0.05) is 12.2 Å². The lowest BCUT2D eigenvalue weighted by Crippen LogP contribution is -2.52. The largest absolute Gasteiger partial charge is 0.497 e. The summed E-state index contributed by atoms with van der Waals surface area (Å²) in [6.07, 6.45) is -0.505. The van der Waals surface area contributed by atoms with Gasteiger partial charge in [-0.05, 0) is 47.5 Å². The van der Waals surface area contributed by atoms with Crippen molar-refractivity contribution in [3.63, 3.8) is 0 Å². The van der Waals surface area contributed by atoms with Crippen molar-refractivity contribution in [1.82, 2.24) is 4.90 Å². The Morgan fingerprint density at radius 2 is 1.74 bits per heavy atom. The number of rotatable bonds is 8. The maximum atomic E-state index is 12.7. The van der Waals surface area contributed by atoms with E-state index >= 15 is 0 Å². The molecule has 0 bridgehead atoms. The first-order chi connectivity index (χ1) is 17.0. The zero-order valence-electron chi connectivity index (χ0n) is 19.6. The summed E-state index contributed by atoms with van der Waals surface area (Å²) in [6.45, 7) is 0.0173. The van der Waals surface area contributed by atoms with Crippen molar-refractivity contribution in [2.45, 2.75) is 18.7 Å². The third-order valence-corrected chi connectivity index (χ3v) is 6.00. The average molecular weight is 477 g/mol. The highest BCUT2D eigenvalue weighted by Gasteiger charge is 2.37. The van der Waals surface area contributed by atoms with Crippen molar-refractivity contribution in [1.29, 1.82) is 0 Å². The number of morpholine rings is 1. The number of aliphatic hydroxyl groups excluding tert-OH is 1. The summed E-state index contributed by atoms with van der Waals surface area (Å²) in [6, 6.07) is 21.1. The molecule has 2 N–H and O–H groups in total. The Labute approximate surface area is 204 Å². The highest BCUT2D eigenvalue weighted by Crippen LogP contribution is 2.31. The number of anilines is 1. The van der Waals surface area contributed by atoms with Gasteiger partial charge in [0.05, 0.1) is 32.4 Å². The van der Waals surface area contributed by atoms with Crippen LogP contribution in [-0.2, 0) is 16.1 Å². The summed E-state index contributed by atoms with van der Waals surface area (Å²) in [5.74, 6) is 0.756. The van der Waals surface area contributed by atoms with Gasteiger partial charge in [0.15, 0.2) is 0 Å². The molecular weight excluding hydrogens is 448 g/mol. The molecule has 1 fully saturated rings. The van der Waals surface area contributed by atoms with Crippen LogP contribution in [0.4, 0.5) is 5.69 Å². The summed E-state index contributed by atoms with van der Waals surface area (Å²) < 4.78 is 16.3. The van der Waals surface area contributed by atoms with E-state index in [2.05, 4.69) is 5.32 Å². The third-order valence-electron chi connectivity index (χ3n) is 6.00. The van der Waals surface area contributed by atoms with Gasteiger partial charge in [0.1, 0.15) is 24.2 Å². The lowest BCUT2D eigenvalue weighted by Gasteiger charge is -2.40. The molecular formula is C27H28N2O6. The summed E-state index contributed by atoms with van der Waals surface area (Å²) in [4.78, 5) is 27.0. The number of carbonyl (C=O) groups is 2. The molecule has 182 valence electrons. The molecule has 4 rings (SSSR count). The zero-order valence-corrected chi connectivity index (χ0v) is 19.6. The van der Waals surface area contributed by atoms with Crippen molar-refractivity contribution in [3.8, 4) is 11.5 Å². The number of nitrogens with one attached hydrogen (secondary N) is 1. The molecule has 1 heterocycles. The average Bonchev–Trinajstić information content (AvgIpc) is 2.90. The summed E-state index contributed by atoms with van der Waals surface area (Å²) >= 11 is 0. The van der Waals surface area contributed by atoms with Gasteiger partial charge in [0.2, 0.25) is 5.91 Å². The van der Waals surface area contributed by atoms with Crippen LogP contribution in [0.15, 0.2) is 72.8 Å². The van der Waals surface area contributed by atoms with Crippen molar-refractivity contribution in [2.24, 2.45) is 0 Å². The maximum Gasteiger partial charge on any atom is 0.259 e. The first-order valence-electron chi connectivity index (χ1n) is 11.2. The van der Waals surface area contributed by atoms with Gasteiger partial charge >= 0.3 is 0 Å². The van der Waals surface area contributed by atoms with E-state index in [1.165, 1.54) is 7.11 Å². The van der Waals surface area contributed by atoms with E-state index in [1.54, 1.807) is 48.4 Å². The lowest BCUT2D eigenvalue weighted by molar-refractivity contribution is -0.162. The third kappa shape index (κ3) is 5.45. The van der Waals surface area contributed by atoms with Gasteiger partial charge in [-0.15, -0.1) is 0 Å². The minimum Gasteiger partial charge on any atom is -0.497 e. The fourth-order valence-electron chi connectivity index (χ4n) is 4.14. The smallest absolute Gasteiger partial charge is 0.259 e. The molecule has 0 aliphatic carbocycles. The molecule has 0 spiro atoms. The van der Waals surface area contributed by atoms with Gasteiger partial charge in [-0.25, -0.2) is 0 Å². The van der Waals surface area contributed by atoms with Crippen LogP contribution in [0.2, 0.25) is 0 Å². The standard InChI is InChI=1S/C27H28N2O6/c1-33-21-13-7-18(8-14-21)15-29-23(16-30)26(35-17-25(29)31)19-9-11-20(12-10-19)28-27(32)22-5-3-4-6-24(22)34-2/h3-14,23,26,30H,15-17H2,1-2H3,(H,28,32)/t23-,26-/m1/s1. The number of carbonyl (C=O) groups excluding carboxylic acids is 2. The Balaban J connectivity index is 1.48. The van der Waals surface area contributed by atoms with Crippen LogP contribution in [0.5, 0.6) is 11.5 Å². The monoisotopic (exact) mass is 476 g/mol. The molecule has 2 amide bonds. The van der Waals surface area contributed by atoms with Crippen LogP contribution in [0, 0.1) is 0 Å². The maximum absolute atomic E-state index is 12.7. The van der Waals surface area contributed by atoms with Crippen LogP contribution >= 0.6 is 0 Å². The van der Waals surface area contributed by atoms with Crippen molar-refractivity contribution in [3.05, 3.63) is 89.5 Å². The summed E-state index contributed by atoms with van der Waals surface area (Å²) in [7, 11) is 3.12. The molecule has 1 aliphatic rings. The predicted molar refractivity (Wildman–Crippen MR) is 130 cm³/mol.